The van der Waals surface area contributed by atoms with Crippen molar-refractivity contribution in [2.45, 2.75) is 19.9 Å². The number of amides is 1. The zero-order valence-corrected chi connectivity index (χ0v) is 17.3. The minimum atomic E-state index is -0.0979. The van der Waals surface area contributed by atoms with E-state index in [-0.39, 0.29) is 5.91 Å². The predicted molar refractivity (Wildman–Crippen MR) is 119 cm³/mol. The van der Waals surface area contributed by atoms with Gasteiger partial charge in [0, 0.05) is 25.1 Å². The van der Waals surface area contributed by atoms with Gasteiger partial charge in [0.15, 0.2) is 0 Å². The highest BCUT2D eigenvalue weighted by Crippen LogP contribution is 2.20. The van der Waals surface area contributed by atoms with E-state index in [0.29, 0.717) is 18.5 Å². The summed E-state index contributed by atoms with van der Waals surface area (Å²) in [5.74, 6) is 1.60. The molecule has 5 nitrogen and oxygen atoms in total. The number of benzene rings is 3. The summed E-state index contributed by atoms with van der Waals surface area (Å²) in [7, 11) is 1.61. The summed E-state index contributed by atoms with van der Waals surface area (Å²) in [6.07, 6.45) is 0.655. The van der Waals surface area contributed by atoms with Crippen molar-refractivity contribution >= 4 is 16.9 Å². The van der Waals surface area contributed by atoms with Crippen LogP contribution in [0.5, 0.6) is 5.75 Å². The van der Waals surface area contributed by atoms with Crippen LogP contribution in [0.1, 0.15) is 27.3 Å². The molecule has 1 aromatic heterocycles. The molecule has 0 bridgehead atoms. The van der Waals surface area contributed by atoms with E-state index in [4.69, 9.17) is 9.72 Å². The van der Waals surface area contributed by atoms with Gasteiger partial charge in [-0.25, -0.2) is 4.98 Å². The van der Waals surface area contributed by atoms with Crippen molar-refractivity contribution in [1.29, 1.82) is 0 Å². The van der Waals surface area contributed by atoms with Crippen LogP contribution in [0.4, 0.5) is 0 Å². The van der Waals surface area contributed by atoms with Gasteiger partial charge in [-0.1, -0.05) is 36.4 Å². The van der Waals surface area contributed by atoms with Gasteiger partial charge in [0.1, 0.15) is 11.6 Å². The minimum Gasteiger partial charge on any atom is -0.497 e. The first-order valence-corrected chi connectivity index (χ1v) is 10.1. The molecule has 1 N–H and O–H groups in total. The number of nitrogens with one attached hydrogen (secondary N) is 1. The molecular formula is C25H25N3O2. The average Bonchev–Trinajstić information content (AvgIpc) is 3.12. The minimum absolute atomic E-state index is 0.0979. The summed E-state index contributed by atoms with van der Waals surface area (Å²) in [6.45, 7) is 3.40. The van der Waals surface area contributed by atoms with Crippen LogP contribution in [-0.2, 0) is 13.0 Å². The number of carbonyl (C=O) groups is 1. The van der Waals surface area contributed by atoms with E-state index in [2.05, 4.69) is 47.1 Å². The number of para-hydroxylation sites is 2. The van der Waals surface area contributed by atoms with Crippen LogP contribution in [0.3, 0.4) is 0 Å². The zero-order valence-electron chi connectivity index (χ0n) is 17.3. The second-order valence-corrected chi connectivity index (χ2v) is 7.26. The van der Waals surface area contributed by atoms with E-state index in [0.717, 1.165) is 29.2 Å². The third-order valence-electron chi connectivity index (χ3n) is 5.31. The lowest BCUT2D eigenvalue weighted by Crippen LogP contribution is -2.26. The van der Waals surface area contributed by atoms with E-state index in [1.807, 2.05) is 18.2 Å². The molecule has 0 unspecified atom stereocenters. The maximum absolute atomic E-state index is 12.4. The number of hydrogen-bond acceptors (Lipinski definition) is 3. The van der Waals surface area contributed by atoms with Gasteiger partial charge in [0.25, 0.3) is 5.91 Å². The first-order valence-electron chi connectivity index (χ1n) is 10.1. The molecular weight excluding hydrogens is 374 g/mol. The van der Waals surface area contributed by atoms with Gasteiger partial charge in [-0.15, -0.1) is 0 Å². The number of rotatable bonds is 7. The molecule has 0 aliphatic rings. The molecule has 30 heavy (non-hydrogen) atoms. The van der Waals surface area contributed by atoms with Crippen molar-refractivity contribution in [3.8, 4) is 5.75 Å². The Bertz CT molecular complexity index is 1160. The van der Waals surface area contributed by atoms with Crippen molar-refractivity contribution in [1.82, 2.24) is 14.9 Å². The average molecular weight is 399 g/mol. The molecule has 4 aromatic rings. The predicted octanol–water partition coefficient (Wildman–Crippen LogP) is 4.37. The van der Waals surface area contributed by atoms with Crippen molar-refractivity contribution in [3.63, 3.8) is 0 Å². The molecule has 0 radical (unpaired) electrons. The van der Waals surface area contributed by atoms with Gasteiger partial charge in [0.05, 0.1) is 18.1 Å². The molecule has 0 spiro atoms. The normalized spacial score (nSPS) is 10.9. The van der Waals surface area contributed by atoms with E-state index >= 15 is 0 Å². The molecule has 4 rings (SSSR count). The fourth-order valence-corrected chi connectivity index (χ4v) is 3.58. The van der Waals surface area contributed by atoms with Gasteiger partial charge in [-0.2, -0.15) is 0 Å². The number of aryl methyl sites for hydroxylation is 1. The summed E-state index contributed by atoms with van der Waals surface area (Å²) in [5, 5.41) is 3.00. The topological polar surface area (TPSA) is 56.1 Å². The monoisotopic (exact) mass is 399 g/mol. The first kappa shape index (κ1) is 19.7. The van der Waals surface area contributed by atoms with E-state index in [1.165, 1.54) is 11.1 Å². The molecule has 0 aliphatic heterocycles. The Labute approximate surface area is 176 Å². The van der Waals surface area contributed by atoms with Crippen LogP contribution < -0.4 is 10.1 Å². The van der Waals surface area contributed by atoms with Gasteiger partial charge in [-0.3, -0.25) is 4.79 Å². The largest absolute Gasteiger partial charge is 0.497 e. The number of ether oxygens (including phenoxy) is 1. The van der Waals surface area contributed by atoms with Crippen molar-refractivity contribution in [2.24, 2.45) is 0 Å². The lowest BCUT2D eigenvalue weighted by molar-refractivity contribution is 0.0954. The highest BCUT2D eigenvalue weighted by molar-refractivity contribution is 5.94. The van der Waals surface area contributed by atoms with Crippen molar-refractivity contribution in [2.75, 3.05) is 13.7 Å². The summed E-state index contributed by atoms with van der Waals surface area (Å²) in [4.78, 5) is 17.3. The lowest BCUT2D eigenvalue weighted by atomic mass is 10.1. The number of carbonyl (C=O) groups excluding carboxylic acids is 1. The van der Waals surface area contributed by atoms with Crippen LogP contribution in [0.2, 0.25) is 0 Å². The van der Waals surface area contributed by atoms with E-state index < -0.39 is 0 Å². The number of methoxy groups -OCH3 is 1. The maximum atomic E-state index is 12.4. The molecule has 0 fully saturated rings. The number of imidazole rings is 1. The molecule has 1 amide bonds. The lowest BCUT2D eigenvalue weighted by Gasteiger charge is -2.12. The Balaban J connectivity index is 1.50. The third kappa shape index (κ3) is 4.20. The van der Waals surface area contributed by atoms with Gasteiger partial charge in [0.2, 0.25) is 0 Å². The molecule has 3 aromatic carbocycles. The number of hydrogen-bond donors (Lipinski definition) is 1. The molecule has 1 heterocycles. The fourth-order valence-electron chi connectivity index (χ4n) is 3.58. The molecule has 0 aliphatic carbocycles. The Morgan fingerprint density at radius 1 is 1.00 bits per heavy atom. The molecule has 0 atom stereocenters. The van der Waals surface area contributed by atoms with Gasteiger partial charge in [-0.05, 0) is 54.4 Å². The highest BCUT2D eigenvalue weighted by atomic mass is 16.5. The molecule has 152 valence electrons. The highest BCUT2D eigenvalue weighted by Gasteiger charge is 2.12. The number of fused-ring (bicyclic) bond motifs is 1. The summed E-state index contributed by atoms with van der Waals surface area (Å²) < 4.78 is 7.39. The summed E-state index contributed by atoms with van der Waals surface area (Å²) >= 11 is 0. The van der Waals surface area contributed by atoms with Crippen LogP contribution in [-0.4, -0.2) is 29.1 Å². The van der Waals surface area contributed by atoms with Crippen LogP contribution in [0.25, 0.3) is 11.0 Å². The Hall–Kier alpha value is -3.60. The van der Waals surface area contributed by atoms with Crippen molar-refractivity contribution < 1.29 is 9.53 Å². The first-order chi connectivity index (χ1) is 14.7. The summed E-state index contributed by atoms with van der Waals surface area (Å²) in [5.41, 5.74) is 5.22. The third-order valence-corrected chi connectivity index (χ3v) is 5.31. The molecule has 5 heteroatoms. The second-order valence-electron chi connectivity index (χ2n) is 7.26. The summed E-state index contributed by atoms with van der Waals surface area (Å²) in [6, 6.07) is 23.7. The van der Waals surface area contributed by atoms with Gasteiger partial charge >= 0.3 is 0 Å². The fraction of sp³-hybridized carbons (Fsp3) is 0.200. The Morgan fingerprint density at radius 2 is 1.73 bits per heavy atom. The molecule has 0 saturated heterocycles. The van der Waals surface area contributed by atoms with Crippen LogP contribution in [0, 0.1) is 6.92 Å². The van der Waals surface area contributed by atoms with E-state index in [9.17, 15) is 4.79 Å². The van der Waals surface area contributed by atoms with Crippen LogP contribution in [0.15, 0.2) is 72.8 Å². The van der Waals surface area contributed by atoms with E-state index in [1.54, 1.807) is 31.4 Å². The van der Waals surface area contributed by atoms with Gasteiger partial charge < -0.3 is 14.6 Å². The zero-order chi connectivity index (χ0) is 20.9. The van der Waals surface area contributed by atoms with Crippen molar-refractivity contribution in [3.05, 3.63) is 95.3 Å². The Kier molecular flexibility index (Phi) is 5.80. The second kappa shape index (κ2) is 8.82. The quantitative estimate of drug-likeness (QED) is 0.502. The standard InChI is InChI=1S/C25H25N3O2/c1-18-7-3-4-8-20(18)17-28-23-10-6-5-9-22(23)27-24(28)15-16-26-25(29)19-11-13-21(30-2)14-12-19/h3-14H,15-17H2,1-2H3,(H,26,29). The maximum Gasteiger partial charge on any atom is 0.251 e. The number of nitrogens with zero attached hydrogens (tertiary/aromatic N) is 2. The van der Waals surface area contributed by atoms with Crippen LogP contribution >= 0.6 is 0 Å². The number of aromatic nitrogens is 2. The Morgan fingerprint density at radius 3 is 2.50 bits per heavy atom. The SMILES string of the molecule is COc1ccc(C(=O)NCCc2nc3ccccc3n2Cc2ccccc2C)cc1. The molecule has 0 saturated carbocycles. The smallest absolute Gasteiger partial charge is 0.251 e.